The van der Waals surface area contributed by atoms with Gasteiger partial charge in [0.25, 0.3) is 0 Å². The lowest BCUT2D eigenvalue weighted by Crippen LogP contribution is -2.29. The van der Waals surface area contributed by atoms with E-state index in [4.69, 9.17) is 15.2 Å². The summed E-state index contributed by atoms with van der Waals surface area (Å²) in [5.74, 6) is 1.53. The molecular weight excluding hydrogens is 228 g/mol. The van der Waals surface area contributed by atoms with Crippen LogP contribution in [0.5, 0.6) is 11.5 Å². The van der Waals surface area contributed by atoms with Gasteiger partial charge < -0.3 is 20.5 Å². The lowest BCUT2D eigenvalue weighted by Gasteiger charge is -2.19. The van der Waals surface area contributed by atoms with Gasteiger partial charge in [-0.1, -0.05) is 12.2 Å². The van der Waals surface area contributed by atoms with Gasteiger partial charge in [0.2, 0.25) is 0 Å². The van der Waals surface area contributed by atoms with E-state index < -0.39 is 0 Å². The summed E-state index contributed by atoms with van der Waals surface area (Å²) in [5, 5.41) is 3.35. The lowest BCUT2D eigenvalue weighted by molar-refractivity contribution is 0.391. The molecule has 0 amide bonds. The standard InChI is InChI=1S/C14H22N2O2/c1-10(2)9-16-14(8-15)11-5-12(17-3)7-13(6-11)18-4/h5-7,14,16H,1,8-9,15H2,2-4H3. The molecule has 0 radical (unpaired) electrons. The first-order valence-electron chi connectivity index (χ1n) is 5.91. The molecule has 0 heterocycles. The maximum absolute atomic E-state index is 5.80. The van der Waals surface area contributed by atoms with E-state index in [-0.39, 0.29) is 6.04 Å². The summed E-state index contributed by atoms with van der Waals surface area (Å²) < 4.78 is 10.5. The summed E-state index contributed by atoms with van der Waals surface area (Å²) in [6.07, 6.45) is 0. The Hall–Kier alpha value is -1.52. The SMILES string of the molecule is C=C(C)CNC(CN)c1cc(OC)cc(OC)c1. The van der Waals surface area contributed by atoms with Crippen molar-refractivity contribution in [3.63, 3.8) is 0 Å². The fourth-order valence-electron chi connectivity index (χ4n) is 1.67. The van der Waals surface area contributed by atoms with Gasteiger partial charge in [0.05, 0.1) is 14.2 Å². The highest BCUT2D eigenvalue weighted by molar-refractivity contribution is 5.40. The van der Waals surface area contributed by atoms with Crippen LogP contribution in [0.25, 0.3) is 0 Å². The molecule has 0 aliphatic carbocycles. The van der Waals surface area contributed by atoms with Crippen LogP contribution in [-0.4, -0.2) is 27.3 Å². The average Bonchev–Trinajstić information content (AvgIpc) is 2.38. The Morgan fingerprint density at radius 2 is 1.83 bits per heavy atom. The van der Waals surface area contributed by atoms with Crippen molar-refractivity contribution in [3.05, 3.63) is 35.9 Å². The van der Waals surface area contributed by atoms with Gasteiger partial charge in [0.15, 0.2) is 0 Å². The lowest BCUT2D eigenvalue weighted by atomic mass is 10.1. The topological polar surface area (TPSA) is 56.5 Å². The zero-order chi connectivity index (χ0) is 13.5. The zero-order valence-corrected chi connectivity index (χ0v) is 11.3. The van der Waals surface area contributed by atoms with E-state index in [0.29, 0.717) is 6.54 Å². The third kappa shape index (κ3) is 4.05. The fraction of sp³-hybridized carbons (Fsp3) is 0.429. The number of rotatable bonds is 7. The maximum atomic E-state index is 5.80. The van der Waals surface area contributed by atoms with E-state index in [1.807, 2.05) is 25.1 Å². The molecule has 0 aliphatic heterocycles. The van der Waals surface area contributed by atoms with E-state index in [9.17, 15) is 0 Å². The van der Waals surface area contributed by atoms with Crippen molar-refractivity contribution >= 4 is 0 Å². The van der Waals surface area contributed by atoms with Gasteiger partial charge in [0, 0.05) is 25.2 Å². The molecule has 4 nitrogen and oxygen atoms in total. The molecule has 1 aromatic rings. The van der Waals surface area contributed by atoms with Gasteiger partial charge in [-0.25, -0.2) is 0 Å². The van der Waals surface area contributed by atoms with Crippen molar-refractivity contribution in [2.24, 2.45) is 5.73 Å². The molecule has 0 bridgehead atoms. The van der Waals surface area contributed by atoms with E-state index in [1.54, 1.807) is 14.2 Å². The first-order valence-corrected chi connectivity index (χ1v) is 5.91. The molecule has 1 unspecified atom stereocenters. The van der Waals surface area contributed by atoms with Crippen molar-refractivity contribution in [3.8, 4) is 11.5 Å². The quantitative estimate of drug-likeness (QED) is 0.725. The molecule has 100 valence electrons. The molecule has 0 spiro atoms. The van der Waals surface area contributed by atoms with E-state index in [0.717, 1.165) is 29.2 Å². The Balaban J connectivity index is 2.93. The number of hydrogen-bond donors (Lipinski definition) is 2. The van der Waals surface area contributed by atoms with Crippen LogP contribution in [0.15, 0.2) is 30.4 Å². The van der Waals surface area contributed by atoms with Crippen LogP contribution in [-0.2, 0) is 0 Å². The summed E-state index contributed by atoms with van der Waals surface area (Å²) >= 11 is 0. The Morgan fingerprint density at radius 1 is 1.28 bits per heavy atom. The Morgan fingerprint density at radius 3 is 2.22 bits per heavy atom. The Labute approximate surface area is 109 Å². The summed E-state index contributed by atoms with van der Waals surface area (Å²) in [5.41, 5.74) is 7.92. The van der Waals surface area contributed by atoms with Crippen LogP contribution >= 0.6 is 0 Å². The smallest absolute Gasteiger partial charge is 0.122 e. The molecule has 1 rings (SSSR count). The molecule has 18 heavy (non-hydrogen) atoms. The van der Waals surface area contributed by atoms with Gasteiger partial charge in [-0.05, 0) is 24.6 Å². The predicted molar refractivity (Wildman–Crippen MR) is 74.2 cm³/mol. The fourth-order valence-corrected chi connectivity index (χ4v) is 1.67. The molecule has 0 fully saturated rings. The maximum Gasteiger partial charge on any atom is 0.122 e. The van der Waals surface area contributed by atoms with Crippen LogP contribution in [0, 0.1) is 0 Å². The van der Waals surface area contributed by atoms with E-state index >= 15 is 0 Å². The average molecular weight is 250 g/mol. The van der Waals surface area contributed by atoms with Crippen LogP contribution in [0.3, 0.4) is 0 Å². The largest absolute Gasteiger partial charge is 0.497 e. The van der Waals surface area contributed by atoms with Crippen molar-refractivity contribution in [1.29, 1.82) is 0 Å². The molecule has 0 aliphatic rings. The molecular formula is C14H22N2O2. The number of methoxy groups -OCH3 is 2. The first-order chi connectivity index (χ1) is 8.60. The number of benzene rings is 1. The number of ether oxygens (including phenoxy) is 2. The second kappa shape index (κ2) is 7.03. The molecule has 0 aromatic heterocycles. The highest BCUT2D eigenvalue weighted by Crippen LogP contribution is 2.26. The van der Waals surface area contributed by atoms with Gasteiger partial charge in [-0.15, -0.1) is 0 Å². The number of nitrogens with one attached hydrogen (secondary N) is 1. The summed E-state index contributed by atoms with van der Waals surface area (Å²) in [6.45, 7) is 7.09. The Kier molecular flexibility index (Phi) is 5.68. The minimum Gasteiger partial charge on any atom is -0.497 e. The minimum absolute atomic E-state index is 0.0608. The monoisotopic (exact) mass is 250 g/mol. The van der Waals surface area contributed by atoms with Crippen LogP contribution in [0.2, 0.25) is 0 Å². The van der Waals surface area contributed by atoms with E-state index in [2.05, 4.69) is 11.9 Å². The Bertz CT molecular complexity index is 383. The molecule has 1 aromatic carbocycles. The minimum atomic E-state index is 0.0608. The van der Waals surface area contributed by atoms with Crippen molar-refractivity contribution in [2.45, 2.75) is 13.0 Å². The normalized spacial score (nSPS) is 12.0. The van der Waals surface area contributed by atoms with E-state index in [1.165, 1.54) is 0 Å². The van der Waals surface area contributed by atoms with Gasteiger partial charge in [0.1, 0.15) is 11.5 Å². The van der Waals surface area contributed by atoms with Crippen molar-refractivity contribution in [2.75, 3.05) is 27.3 Å². The molecule has 0 saturated heterocycles. The van der Waals surface area contributed by atoms with Crippen LogP contribution in [0.1, 0.15) is 18.5 Å². The summed E-state index contributed by atoms with van der Waals surface area (Å²) in [7, 11) is 3.27. The van der Waals surface area contributed by atoms with Crippen LogP contribution in [0.4, 0.5) is 0 Å². The summed E-state index contributed by atoms with van der Waals surface area (Å²) in [6, 6.07) is 5.83. The third-order valence-electron chi connectivity index (χ3n) is 2.66. The number of hydrogen-bond acceptors (Lipinski definition) is 4. The molecule has 0 saturated carbocycles. The zero-order valence-electron chi connectivity index (χ0n) is 11.3. The van der Waals surface area contributed by atoms with Gasteiger partial charge >= 0.3 is 0 Å². The van der Waals surface area contributed by atoms with Crippen LogP contribution < -0.4 is 20.5 Å². The van der Waals surface area contributed by atoms with Crippen molar-refractivity contribution < 1.29 is 9.47 Å². The first kappa shape index (κ1) is 14.5. The second-order valence-corrected chi connectivity index (χ2v) is 4.27. The second-order valence-electron chi connectivity index (χ2n) is 4.27. The number of nitrogens with two attached hydrogens (primary N) is 1. The van der Waals surface area contributed by atoms with Gasteiger partial charge in [-0.3, -0.25) is 0 Å². The highest BCUT2D eigenvalue weighted by Gasteiger charge is 2.11. The van der Waals surface area contributed by atoms with Gasteiger partial charge in [-0.2, -0.15) is 0 Å². The molecule has 1 atom stereocenters. The van der Waals surface area contributed by atoms with Crippen molar-refractivity contribution in [1.82, 2.24) is 5.32 Å². The summed E-state index contributed by atoms with van der Waals surface area (Å²) in [4.78, 5) is 0. The highest BCUT2D eigenvalue weighted by atomic mass is 16.5. The third-order valence-corrected chi connectivity index (χ3v) is 2.66. The predicted octanol–water partition coefficient (Wildman–Crippen LogP) is 1.87. The molecule has 3 N–H and O–H groups in total. The molecule has 4 heteroatoms.